The van der Waals surface area contributed by atoms with Crippen LogP contribution in [0.2, 0.25) is 0 Å². The van der Waals surface area contributed by atoms with E-state index in [1.807, 2.05) is 0 Å². The number of nitrogens with zero attached hydrogens (tertiary/aromatic N) is 2. The molecule has 0 saturated heterocycles. The quantitative estimate of drug-likeness (QED) is 0.775. The van der Waals surface area contributed by atoms with Crippen LogP contribution in [0.1, 0.15) is 37.4 Å². The zero-order valence-corrected chi connectivity index (χ0v) is 13.0. The first-order chi connectivity index (χ1) is 10.1. The van der Waals surface area contributed by atoms with Crippen LogP contribution in [-0.2, 0) is 0 Å². The molecule has 0 bridgehead atoms. The summed E-state index contributed by atoms with van der Waals surface area (Å²) in [6, 6.07) is 19.6. The first kappa shape index (κ1) is 13.9. The van der Waals surface area contributed by atoms with Crippen molar-refractivity contribution in [1.29, 1.82) is 0 Å². The first-order valence-electron chi connectivity index (χ1n) is 7.63. The first-order valence-corrected chi connectivity index (χ1v) is 7.63. The topological polar surface area (TPSA) is 15.6 Å². The van der Waals surface area contributed by atoms with E-state index in [-0.39, 0.29) is 0 Å². The summed E-state index contributed by atoms with van der Waals surface area (Å²) in [7, 11) is 0. The Bertz CT molecular complexity index is 626. The smallest absolute Gasteiger partial charge is 0.0828 e. The number of hydrazone groups is 1. The van der Waals surface area contributed by atoms with Crippen molar-refractivity contribution in [3.05, 3.63) is 65.7 Å². The van der Waals surface area contributed by atoms with E-state index < -0.39 is 0 Å². The Kier molecular flexibility index (Phi) is 3.78. The van der Waals surface area contributed by atoms with Gasteiger partial charge >= 0.3 is 0 Å². The van der Waals surface area contributed by atoms with Gasteiger partial charge in [-0.3, -0.25) is 5.01 Å². The molecule has 0 N–H and O–H groups in total. The van der Waals surface area contributed by atoms with Gasteiger partial charge in [-0.1, -0.05) is 61.9 Å². The summed E-state index contributed by atoms with van der Waals surface area (Å²) < 4.78 is 0. The second kappa shape index (κ2) is 5.72. The third-order valence-electron chi connectivity index (χ3n) is 4.08. The van der Waals surface area contributed by atoms with Gasteiger partial charge in [-0.25, -0.2) is 0 Å². The second-order valence-electron chi connectivity index (χ2n) is 6.06. The van der Waals surface area contributed by atoms with Crippen molar-refractivity contribution in [3.63, 3.8) is 0 Å². The molecule has 0 aliphatic carbocycles. The predicted octanol–water partition coefficient (Wildman–Crippen LogP) is 4.96. The van der Waals surface area contributed by atoms with E-state index in [1.54, 1.807) is 0 Å². The molecular formula is C19H22N2. The Hall–Kier alpha value is -2.09. The monoisotopic (exact) mass is 278 g/mol. The molecule has 0 saturated carbocycles. The summed E-state index contributed by atoms with van der Waals surface area (Å²) in [5, 5.41) is 7.08. The van der Waals surface area contributed by atoms with Gasteiger partial charge in [0.25, 0.3) is 0 Å². The number of anilines is 1. The Morgan fingerprint density at radius 2 is 1.67 bits per heavy atom. The lowest BCUT2D eigenvalue weighted by atomic mass is 9.97. The van der Waals surface area contributed by atoms with Crippen molar-refractivity contribution < 1.29 is 0 Å². The molecule has 1 heterocycles. The summed E-state index contributed by atoms with van der Waals surface area (Å²) >= 11 is 0. The van der Waals surface area contributed by atoms with E-state index in [9.17, 15) is 0 Å². The van der Waals surface area contributed by atoms with Crippen LogP contribution in [0, 0.1) is 12.8 Å². The van der Waals surface area contributed by atoms with Gasteiger partial charge in [-0.2, -0.15) is 5.10 Å². The minimum absolute atomic E-state index is 0.311. The van der Waals surface area contributed by atoms with E-state index in [1.165, 1.54) is 22.5 Å². The van der Waals surface area contributed by atoms with Crippen LogP contribution in [0.25, 0.3) is 0 Å². The maximum Gasteiger partial charge on any atom is 0.0828 e. The number of aryl methyl sites for hydroxylation is 1. The van der Waals surface area contributed by atoms with Gasteiger partial charge in [0.1, 0.15) is 0 Å². The maximum atomic E-state index is 4.90. The van der Waals surface area contributed by atoms with E-state index >= 15 is 0 Å². The average molecular weight is 278 g/mol. The predicted molar refractivity (Wildman–Crippen MR) is 89.7 cm³/mol. The molecule has 1 atom stereocenters. The number of hydrogen-bond donors (Lipinski definition) is 0. The summed E-state index contributed by atoms with van der Waals surface area (Å²) in [5.41, 5.74) is 5.06. The van der Waals surface area contributed by atoms with Crippen molar-refractivity contribution >= 4 is 11.4 Å². The fraction of sp³-hybridized carbons (Fsp3) is 0.316. The Labute approximate surface area is 127 Å². The molecule has 0 amide bonds. The Morgan fingerprint density at radius 3 is 2.29 bits per heavy atom. The lowest BCUT2D eigenvalue weighted by molar-refractivity contribution is 0.705. The van der Waals surface area contributed by atoms with Gasteiger partial charge in [-0.15, -0.1) is 0 Å². The molecule has 0 aromatic heterocycles. The van der Waals surface area contributed by atoms with Crippen LogP contribution in [-0.4, -0.2) is 5.71 Å². The van der Waals surface area contributed by atoms with Crippen molar-refractivity contribution in [3.8, 4) is 0 Å². The highest BCUT2D eigenvalue weighted by molar-refractivity contribution is 5.90. The van der Waals surface area contributed by atoms with E-state index in [0.29, 0.717) is 12.0 Å². The molecule has 2 nitrogen and oxygen atoms in total. The molecule has 1 aliphatic heterocycles. The third-order valence-corrected chi connectivity index (χ3v) is 4.08. The second-order valence-corrected chi connectivity index (χ2v) is 6.06. The van der Waals surface area contributed by atoms with Crippen molar-refractivity contribution in [2.24, 2.45) is 11.0 Å². The average Bonchev–Trinajstić information content (AvgIpc) is 2.94. The standard InChI is InChI=1S/C19H22N2/c1-14(2)18-13-19(16-7-5-4-6-8-16)21(20-18)17-11-9-15(3)10-12-17/h4-12,14,19H,13H2,1-3H3. The fourth-order valence-electron chi connectivity index (χ4n) is 2.75. The van der Waals surface area contributed by atoms with Gasteiger partial charge in [0.15, 0.2) is 0 Å². The Morgan fingerprint density at radius 1 is 1.00 bits per heavy atom. The summed E-state index contributed by atoms with van der Waals surface area (Å²) in [6.07, 6.45) is 1.01. The molecule has 0 spiro atoms. The molecule has 1 aliphatic rings. The summed E-state index contributed by atoms with van der Waals surface area (Å²) in [5.74, 6) is 0.492. The van der Waals surface area contributed by atoms with E-state index in [4.69, 9.17) is 5.10 Å². The van der Waals surface area contributed by atoms with Gasteiger partial charge in [0.2, 0.25) is 0 Å². The number of rotatable bonds is 3. The Balaban J connectivity index is 1.98. The summed E-state index contributed by atoms with van der Waals surface area (Å²) in [4.78, 5) is 0. The molecule has 1 unspecified atom stereocenters. The number of hydrogen-bond acceptors (Lipinski definition) is 2. The zero-order valence-electron chi connectivity index (χ0n) is 13.0. The van der Waals surface area contributed by atoms with Gasteiger partial charge in [-0.05, 0) is 30.5 Å². The SMILES string of the molecule is Cc1ccc(N2N=C(C(C)C)CC2c2ccccc2)cc1. The zero-order chi connectivity index (χ0) is 14.8. The third kappa shape index (κ3) is 2.85. The normalized spacial score (nSPS) is 18.2. The lowest BCUT2D eigenvalue weighted by Gasteiger charge is -2.24. The van der Waals surface area contributed by atoms with Crippen LogP contribution in [0.5, 0.6) is 0 Å². The van der Waals surface area contributed by atoms with Crippen LogP contribution in [0.4, 0.5) is 5.69 Å². The highest BCUT2D eigenvalue weighted by Gasteiger charge is 2.29. The lowest BCUT2D eigenvalue weighted by Crippen LogP contribution is -2.18. The van der Waals surface area contributed by atoms with Crippen LogP contribution in [0.3, 0.4) is 0 Å². The van der Waals surface area contributed by atoms with Crippen molar-refractivity contribution in [2.45, 2.75) is 33.2 Å². The minimum atomic E-state index is 0.311. The van der Waals surface area contributed by atoms with Crippen molar-refractivity contribution in [2.75, 3.05) is 5.01 Å². The molecule has 2 heteroatoms. The highest BCUT2D eigenvalue weighted by atomic mass is 15.5. The largest absolute Gasteiger partial charge is 0.258 e. The van der Waals surface area contributed by atoms with Crippen LogP contribution >= 0.6 is 0 Å². The molecule has 108 valence electrons. The van der Waals surface area contributed by atoms with Crippen LogP contribution in [0.15, 0.2) is 59.7 Å². The minimum Gasteiger partial charge on any atom is -0.258 e. The molecule has 3 rings (SSSR count). The number of benzene rings is 2. The molecule has 2 aromatic rings. The van der Waals surface area contributed by atoms with Gasteiger partial charge in [0.05, 0.1) is 11.7 Å². The molecule has 2 aromatic carbocycles. The van der Waals surface area contributed by atoms with E-state index in [2.05, 4.69) is 80.4 Å². The van der Waals surface area contributed by atoms with Crippen molar-refractivity contribution in [1.82, 2.24) is 0 Å². The van der Waals surface area contributed by atoms with Gasteiger partial charge in [0, 0.05) is 12.1 Å². The van der Waals surface area contributed by atoms with E-state index in [0.717, 1.165) is 6.42 Å². The van der Waals surface area contributed by atoms with Crippen LogP contribution < -0.4 is 5.01 Å². The van der Waals surface area contributed by atoms with Gasteiger partial charge < -0.3 is 0 Å². The summed E-state index contributed by atoms with van der Waals surface area (Å²) in [6.45, 7) is 6.56. The fourth-order valence-corrected chi connectivity index (χ4v) is 2.75. The molecule has 0 fully saturated rings. The molecule has 0 radical (unpaired) electrons. The highest BCUT2D eigenvalue weighted by Crippen LogP contribution is 2.36. The molecule has 21 heavy (non-hydrogen) atoms. The maximum absolute atomic E-state index is 4.90. The molecular weight excluding hydrogens is 256 g/mol.